The van der Waals surface area contributed by atoms with Gasteiger partial charge in [0.2, 0.25) is 0 Å². The van der Waals surface area contributed by atoms with Crippen molar-refractivity contribution in [3.8, 4) is 0 Å². The number of nitrogens with one attached hydrogen (secondary N) is 1. The normalized spacial score (nSPS) is 13.5. The molecule has 3 rings (SSSR count). The smallest absolute Gasteiger partial charge is 0.339 e. The highest BCUT2D eigenvalue weighted by atomic mass is 32.1. The summed E-state index contributed by atoms with van der Waals surface area (Å²) in [5, 5.41) is 5.42. The number of hydrogen-bond acceptors (Lipinski definition) is 6. The van der Waals surface area contributed by atoms with Crippen molar-refractivity contribution >= 4 is 23.2 Å². The van der Waals surface area contributed by atoms with Crippen molar-refractivity contribution in [3.63, 3.8) is 0 Å². The third-order valence-electron chi connectivity index (χ3n) is 3.68. The summed E-state index contributed by atoms with van der Waals surface area (Å²) in [5.41, 5.74) is 2.54. The lowest BCUT2D eigenvalue weighted by atomic mass is 10.2. The first-order chi connectivity index (χ1) is 11.1. The Morgan fingerprint density at radius 1 is 1.52 bits per heavy atom. The third-order valence-corrected chi connectivity index (χ3v) is 4.45. The summed E-state index contributed by atoms with van der Waals surface area (Å²) in [6.45, 7) is 3.76. The molecule has 0 saturated heterocycles. The summed E-state index contributed by atoms with van der Waals surface area (Å²) >= 11 is 1.43. The summed E-state index contributed by atoms with van der Waals surface area (Å²) in [7, 11) is 1.35. The van der Waals surface area contributed by atoms with E-state index in [0.717, 1.165) is 16.4 Å². The Bertz CT molecular complexity index is 750. The number of thiazole rings is 1. The fourth-order valence-electron chi connectivity index (χ4n) is 2.57. The predicted octanol–water partition coefficient (Wildman–Crippen LogP) is 1.50. The van der Waals surface area contributed by atoms with Crippen LogP contribution in [0.2, 0.25) is 0 Å². The molecule has 0 fully saturated rings. The van der Waals surface area contributed by atoms with Gasteiger partial charge in [0.15, 0.2) is 0 Å². The van der Waals surface area contributed by atoms with E-state index in [1.165, 1.54) is 18.4 Å². The molecule has 8 heteroatoms. The van der Waals surface area contributed by atoms with Crippen LogP contribution in [-0.2, 0) is 29.2 Å². The topological polar surface area (TPSA) is 82.5 Å². The number of aromatic nitrogens is 2. The largest absolute Gasteiger partial charge is 0.465 e. The molecule has 122 valence electrons. The first-order valence-corrected chi connectivity index (χ1v) is 8.05. The third kappa shape index (κ3) is 3.13. The molecule has 2 aromatic rings. The van der Waals surface area contributed by atoms with Gasteiger partial charge in [-0.2, -0.15) is 0 Å². The summed E-state index contributed by atoms with van der Waals surface area (Å²) in [5.74, 6) is -0.622. The number of amides is 1. The van der Waals surface area contributed by atoms with Gasteiger partial charge < -0.3 is 19.4 Å². The minimum atomic E-state index is -0.396. The first kappa shape index (κ1) is 15.7. The van der Waals surface area contributed by atoms with Gasteiger partial charge in [-0.3, -0.25) is 4.79 Å². The Morgan fingerprint density at radius 3 is 3.04 bits per heavy atom. The molecule has 0 saturated carbocycles. The highest BCUT2D eigenvalue weighted by molar-refractivity contribution is 7.09. The van der Waals surface area contributed by atoms with Gasteiger partial charge in [0.25, 0.3) is 5.91 Å². The lowest BCUT2D eigenvalue weighted by molar-refractivity contribution is 0.0574. The molecule has 7 nitrogen and oxygen atoms in total. The van der Waals surface area contributed by atoms with Crippen LogP contribution in [0.5, 0.6) is 0 Å². The average molecular weight is 335 g/mol. The van der Waals surface area contributed by atoms with Crippen molar-refractivity contribution in [1.29, 1.82) is 0 Å². The Balaban J connectivity index is 1.78. The molecule has 1 aliphatic heterocycles. The van der Waals surface area contributed by atoms with Crippen molar-refractivity contribution < 1.29 is 19.1 Å². The van der Waals surface area contributed by atoms with Gasteiger partial charge in [0.1, 0.15) is 5.69 Å². The van der Waals surface area contributed by atoms with E-state index >= 15 is 0 Å². The maximum atomic E-state index is 12.1. The minimum absolute atomic E-state index is 0.225. The lowest BCUT2D eigenvalue weighted by Gasteiger charge is -2.19. The second-order valence-electron chi connectivity index (χ2n) is 5.13. The lowest BCUT2D eigenvalue weighted by Crippen LogP contribution is -2.26. The van der Waals surface area contributed by atoms with Gasteiger partial charge in [-0.25, -0.2) is 9.78 Å². The number of esters is 1. The van der Waals surface area contributed by atoms with Crippen molar-refractivity contribution in [2.24, 2.45) is 0 Å². The van der Waals surface area contributed by atoms with Gasteiger partial charge in [0, 0.05) is 17.6 Å². The molecule has 0 atom stereocenters. The number of carbonyl (C=O) groups is 2. The molecule has 1 aliphatic rings. The standard InChI is InChI=1S/C15H17N3O4S/c1-9-17-12(8-23-9)14(19)16-6-10-5-11(15(20)21-2)13-7-22-4-3-18(10)13/h5,8H,3-4,6-7H2,1-2H3,(H,16,19). The molecular weight excluding hydrogens is 318 g/mol. The summed E-state index contributed by atoms with van der Waals surface area (Å²) in [4.78, 5) is 28.1. The van der Waals surface area contributed by atoms with E-state index in [2.05, 4.69) is 10.3 Å². The summed E-state index contributed by atoms with van der Waals surface area (Å²) < 4.78 is 12.2. The van der Waals surface area contributed by atoms with Crippen LogP contribution in [0.25, 0.3) is 0 Å². The number of fused-ring (bicyclic) bond motifs is 1. The SMILES string of the molecule is COC(=O)c1cc(CNC(=O)c2csc(C)n2)n2c1COCC2. The van der Waals surface area contributed by atoms with E-state index in [1.54, 1.807) is 11.4 Å². The number of ether oxygens (including phenoxy) is 2. The van der Waals surface area contributed by atoms with E-state index in [1.807, 2.05) is 11.5 Å². The molecule has 1 amide bonds. The van der Waals surface area contributed by atoms with E-state index in [9.17, 15) is 9.59 Å². The van der Waals surface area contributed by atoms with E-state index in [4.69, 9.17) is 9.47 Å². The molecule has 0 radical (unpaired) electrons. The van der Waals surface area contributed by atoms with Crippen LogP contribution in [0.4, 0.5) is 0 Å². The van der Waals surface area contributed by atoms with Crippen LogP contribution in [-0.4, -0.2) is 35.1 Å². The van der Waals surface area contributed by atoms with Gasteiger partial charge in [-0.1, -0.05) is 0 Å². The molecule has 0 unspecified atom stereocenters. The van der Waals surface area contributed by atoms with Crippen LogP contribution in [0.1, 0.15) is 37.2 Å². The monoisotopic (exact) mass is 335 g/mol. The summed E-state index contributed by atoms with van der Waals surface area (Å²) in [6, 6.07) is 1.75. The number of aryl methyl sites for hydroxylation is 1. The Morgan fingerprint density at radius 2 is 2.35 bits per heavy atom. The zero-order valence-electron chi connectivity index (χ0n) is 12.9. The number of hydrogen-bond donors (Lipinski definition) is 1. The second-order valence-corrected chi connectivity index (χ2v) is 6.19. The number of rotatable bonds is 4. The maximum absolute atomic E-state index is 12.1. The molecule has 0 spiro atoms. The van der Waals surface area contributed by atoms with Crippen LogP contribution in [0.3, 0.4) is 0 Å². The van der Waals surface area contributed by atoms with Crippen LogP contribution >= 0.6 is 11.3 Å². The predicted molar refractivity (Wildman–Crippen MR) is 83.4 cm³/mol. The molecule has 23 heavy (non-hydrogen) atoms. The Labute approximate surface area is 137 Å². The molecule has 0 bridgehead atoms. The van der Waals surface area contributed by atoms with Crippen LogP contribution in [0, 0.1) is 6.92 Å². The Hall–Kier alpha value is -2.19. The quantitative estimate of drug-likeness (QED) is 0.856. The molecule has 3 heterocycles. The van der Waals surface area contributed by atoms with E-state index < -0.39 is 5.97 Å². The molecular formula is C15H17N3O4S. The number of carbonyl (C=O) groups excluding carboxylic acids is 2. The van der Waals surface area contributed by atoms with Gasteiger partial charge in [0.05, 0.1) is 43.1 Å². The second kappa shape index (κ2) is 6.51. The fraction of sp³-hybridized carbons (Fsp3) is 0.400. The molecule has 0 aliphatic carbocycles. The average Bonchev–Trinajstić information content (AvgIpc) is 3.16. The van der Waals surface area contributed by atoms with Gasteiger partial charge >= 0.3 is 5.97 Å². The molecule has 2 aromatic heterocycles. The van der Waals surface area contributed by atoms with Gasteiger partial charge in [-0.15, -0.1) is 11.3 Å². The highest BCUT2D eigenvalue weighted by Gasteiger charge is 2.23. The fourth-order valence-corrected chi connectivity index (χ4v) is 3.16. The maximum Gasteiger partial charge on any atom is 0.339 e. The first-order valence-electron chi connectivity index (χ1n) is 7.18. The van der Waals surface area contributed by atoms with Crippen molar-refractivity contribution in [2.75, 3.05) is 13.7 Å². The molecule has 1 N–H and O–H groups in total. The van der Waals surface area contributed by atoms with E-state index in [0.29, 0.717) is 37.6 Å². The minimum Gasteiger partial charge on any atom is -0.465 e. The van der Waals surface area contributed by atoms with Crippen molar-refractivity contribution in [3.05, 3.63) is 39.1 Å². The Kier molecular flexibility index (Phi) is 4.44. The van der Waals surface area contributed by atoms with Gasteiger partial charge in [-0.05, 0) is 13.0 Å². The van der Waals surface area contributed by atoms with Crippen molar-refractivity contribution in [1.82, 2.24) is 14.9 Å². The number of nitrogens with zero attached hydrogens (tertiary/aromatic N) is 2. The highest BCUT2D eigenvalue weighted by Crippen LogP contribution is 2.21. The zero-order valence-corrected chi connectivity index (χ0v) is 13.7. The van der Waals surface area contributed by atoms with Crippen molar-refractivity contribution in [2.45, 2.75) is 26.6 Å². The van der Waals surface area contributed by atoms with Crippen LogP contribution in [0.15, 0.2) is 11.4 Å². The van der Waals surface area contributed by atoms with E-state index in [-0.39, 0.29) is 5.91 Å². The molecule has 0 aromatic carbocycles. The number of methoxy groups -OCH3 is 1. The summed E-state index contributed by atoms with van der Waals surface area (Å²) in [6.07, 6.45) is 0. The zero-order chi connectivity index (χ0) is 16.4. The van der Waals surface area contributed by atoms with Crippen LogP contribution < -0.4 is 5.32 Å².